The van der Waals surface area contributed by atoms with E-state index in [4.69, 9.17) is 0 Å². The Morgan fingerprint density at radius 3 is 2.47 bits per heavy atom. The van der Waals surface area contributed by atoms with Gasteiger partial charge in [0, 0.05) is 24.4 Å². The van der Waals surface area contributed by atoms with Crippen LogP contribution in [0.3, 0.4) is 0 Å². The lowest BCUT2D eigenvalue weighted by Gasteiger charge is -2.14. The molecular formula is C12H19N3O3S. The number of carbonyl (C=O) groups excluding carboxylic acids is 1. The number of anilines is 1. The number of rotatable bonds is 7. The number of amides is 1. The summed E-state index contributed by atoms with van der Waals surface area (Å²) >= 11 is 0. The van der Waals surface area contributed by atoms with E-state index in [0.717, 1.165) is 24.1 Å². The SMILES string of the molecule is CC(=O)Nc1ccc(C[NH2+]CC[N-]S(C)(=O)=O)cc1. The second-order valence-electron chi connectivity index (χ2n) is 4.25. The molecule has 1 aromatic carbocycles. The lowest BCUT2D eigenvalue weighted by Crippen LogP contribution is -2.83. The van der Waals surface area contributed by atoms with Gasteiger partial charge in [0.1, 0.15) is 6.54 Å². The Morgan fingerprint density at radius 1 is 1.32 bits per heavy atom. The highest BCUT2D eigenvalue weighted by molar-refractivity contribution is 7.93. The summed E-state index contributed by atoms with van der Waals surface area (Å²) in [5.74, 6) is -0.0956. The van der Waals surface area contributed by atoms with Crippen molar-refractivity contribution in [3.8, 4) is 0 Å². The van der Waals surface area contributed by atoms with E-state index in [2.05, 4.69) is 10.0 Å². The molecule has 0 spiro atoms. The van der Waals surface area contributed by atoms with Crippen molar-refractivity contribution in [1.29, 1.82) is 0 Å². The van der Waals surface area contributed by atoms with E-state index in [1.165, 1.54) is 6.92 Å². The van der Waals surface area contributed by atoms with Gasteiger partial charge in [-0.3, -0.25) is 4.79 Å². The Kier molecular flexibility index (Phi) is 5.94. The maximum Gasteiger partial charge on any atom is 0.221 e. The van der Waals surface area contributed by atoms with E-state index < -0.39 is 10.0 Å². The summed E-state index contributed by atoms with van der Waals surface area (Å²) in [4.78, 5) is 10.8. The maximum absolute atomic E-state index is 10.8. The predicted molar refractivity (Wildman–Crippen MR) is 74.3 cm³/mol. The Bertz CT molecular complexity index is 512. The van der Waals surface area contributed by atoms with Crippen molar-refractivity contribution >= 4 is 21.6 Å². The summed E-state index contributed by atoms with van der Waals surface area (Å²) in [5.41, 5.74) is 1.87. The molecule has 0 saturated heterocycles. The molecule has 0 radical (unpaired) electrons. The maximum atomic E-state index is 10.8. The van der Waals surface area contributed by atoms with Crippen LogP contribution in [0, 0.1) is 0 Å². The predicted octanol–water partition coefficient (Wildman–Crippen LogP) is 0.0417. The van der Waals surface area contributed by atoms with E-state index in [1.54, 1.807) is 0 Å². The van der Waals surface area contributed by atoms with Crippen molar-refractivity contribution in [3.63, 3.8) is 0 Å². The lowest BCUT2D eigenvalue weighted by atomic mass is 10.2. The van der Waals surface area contributed by atoms with Crippen LogP contribution in [0.4, 0.5) is 5.69 Å². The Hall–Kier alpha value is -1.44. The average molecular weight is 285 g/mol. The highest BCUT2D eigenvalue weighted by atomic mass is 32.2. The van der Waals surface area contributed by atoms with Gasteiger partial charge in [0.05, 0.1) is 16.6 Å². The summed E-state index contributed by atoms with van der Waals surface area (Å²) in [6.07, 6.45) is 1.09. The minimum absolute atomic E-state index is 0.0956. The fourth-order valence-electron chi connectivity index (χ4n) is 1.51. The summed E-state index contributed by atoms with van der Waals surface area (Å²) in [6.45, 7) is 3.13. The molecule has 1 amide bonds. The van der Waals surface area contributed by atoms with Crippen LogP contribution in [-0.4, -0.2) is 33.7 Å². The van der Waals surface area contributed by atoms with Crippen LogP contribution in [0.1, 0.15) is 12.5 Å². The molecule has 0 bridgehead atoms. The number of carbonyl (C=O) groups is 1. The number of nitrogens with one attached hydrogen (secondary N) is 1. The highest BCUT2D eigenvalue weighted by Gasteiger charge is 1.97. The van der Waals surface area contributed by atoms with Crippen LogP contribution in [0.2, 0.25) is 0 Å². The molecule has 1 aromatic rings. The summed E-state index contributed by atoms with van der Waals surface area (Å²) in [5, 5.41) is 4.68. The Balaban J connectivity index is 2.28. The first-order valence-electron chi connectivity index (χ1n) is 5.94. The van der Waals surface area contributed by atoms with E-state index in [-0.39, 0.29) is 5.91 Å². The second-order valence-corrected chi connectivity index (χ2v) is 5.97. The highest BCUT2D eigenvalue weighted by Crippen LogP contribution is 2.08. The van der Waals surface area contributed by atoms with Crippen molar-refractivity contribution < 1.29 is 18.5 Å². The van der Waals surface area contributed by atoms with Gasteiger partial charge in [0.2, 0.25) is 5.91 Å². The van der Waals surface area contributed by atoms with Crippen molar-refractivity contribution in [2.45, 2.75) is 13.5 Å². The number of hydrogen-bond acceptors (Lipinski definition) is 3. The van der Waals surface area contributed by atoms with Crippen LogP contribution in [0.25, 0.3) is 4.72 Å². The number of hydrogen-bond donors (Lipinski definition) is 2. The molecular weight excluding hydrogens is 266 g/mol. The van der Waals surface area contributed by atoms with Crippen LogP contribution < -0.4 is 10.6 Å². The third kappa shape index (κ3) is 7.55. The van der Waals surface area contributed by atoms with Gasteiger partial charge in [-0.1, -0.05) is 18.7 Å². The normalized spacial score (nSPS) is 11.3. The topological polar surface area (TPSA) is 93.9 Å². The molecule has 0 aliphatic rings. The van der Waals surface area contributed by atoms with E-state index in [1.807, 2.05) is 29.6 Å². The molecule has 1 rings (SSSR count). The molecule has 0 aliphatic heterocycles. The molecule has 7 heteroatoms. The molecule has 0 unspecified atom stereocenters. The van der Waals surface area contributed by atoms with Gasteiger partial charge in [0.15, 0.2) is 0 Å². The molecule has 0 heterocycles. The van der Waals surface area contributed by atoms with Gasteiger partial charge >= 0.3 is 0 Å². The van der Waals surface area contributed by atoms with E-state index >= 15 is 0 Å². The molecule has 0 aliphatic carbocycles. The zero-order valence-corrected chi connectivity index (χ0v) is 11.9. The zero-order chi connectivity index (χ0) is 14.3. The first kappa shape index (κ1) is 15.6. The Morgan fingerprint density at radius 2 is 1.95 bits per heavy atom. The molecule has 0 aromatic heterocycles. The van der Waals surface area contributed by atoms with Gasteiger partial charge in [-0.2, -0.15) is 0 Å². The van der Waals surface area contributed by atoms with Crippen LogP contribution in [0.15, 0.2) is 24.3 Å². The number of quaternary nitrogens is 1. The molecule has 0 fully saturated rings. The molecule has 19 heavy (non-hydrogen) atoms. The molecule has 0 atom stereocenters. The largest absolute Gasteiger partial charge is 0.545 e. The van der Waals surface area contributed by atoms with Crippen molar-refractivity contribution in [1.82, 2.24) is 0 Å². The smallest absolute Gasteiger partial charge is 0.221 e. The Labute approximate surface area is 113 Å². The fourth-order valence-corrected chi connectivity index (χ4v) is 1.94. The summed E-state index contributed by atoms with van der Waals surface area (Å²) < 4.78 is 25.1. The van der Waals surface area contributed by atoms with Crippen molar-refractivity contribution in [2.75, 3.05) is 24.7 Å². The number of nitrogens with two attached hydrogens (primary N) is 1. The van der Waals surface area contributed by atoms with E-state index in [9.17, 15) is 13.2 Å². The molecule has 6 nitrogen and oxygen atoms in total. The van der Waals surface area contributed by atoms with Crippen molar-refractivity contribution in [2.24, 2.45) is 0 Å². The first-order valence-corrected chi connectivity index (χ1v) is 7.78. The van der Waals surface area contributed by atoms with Gasteiger partial charge < -0.3 is 15.4 Å². The van der Waals surface area contributed by atoms with Gasteiger partial charge in [-0.15, -0.1) is 0 Å². The minimum atomic E-state index is -3.22. The second kappa shape index (κ2) is 7.22. The van der Waals surface area contributed by atoms with Gasteiger partial charge in [0.25, 0.3) is 0 Å². The van der Waals surface area contributed by atoms with Gasteiger partial charge in [-0.25, -0.2) is 8.42 Å². The molecule has 0 saturated carbocycles. The first-order chi connectivity index (χ1) is 8.87. The quantitative estimate of drug-likeness (QED) is 0.693. The van der Waals surface area contributed by atoms with Crippen LogP contribution in [0.5, 0.6) is 0 Å². The zero-order valence-electron chi connectivity index (χ0n) is 11.1. The standard InChI is InChI=1S/C12H18N3O3S/c1-10(16)15-12-5-3-11(4-6-12)9-13-7-8-14-19(2,17)18/h3-6,13H,7-9H2,1-2H3,(H,15,16)/q-1/p+1. The van der Waals surface area contributed by atoms with Crippen LogP contribution in [-0.2, 0) is 21.4 Å². The monoisotopic (exact) mass is 285 g/mol. The minimum Gasteiger partial charge on any atom is -0.545 e. The molecule has 106 valence electrons. The third-order valence-corrected chi connectivity index (χ3v) is 2.96. The number of sulfonamides is 1. The van der Waals surface area contributed by atoms with E-state index in [0.29, 0.717) is 13.1 Å². The summed E-state index contributed by atoms with van der Waals surface area (Å²) in [6, 6.07) is 7.53. The van der Waals surface area contributed by atoms with Crippen molar-refractivity contribution in [3.05, 3.63) is 34.6 Å². The lowest BCUT2D eigenvalue weighted by molar-refractivity contribution is -0.667. The van der Waals surface area contributed by atoms with Crippen LogP contribution >= 0.6 is 0 Å². The number of benzene rings is 1. The number of nitrogens with zero attached hydrogens (tertiary/aromatic N) is 1. The third-order valence-electron chi connectivity index (χ3n) is 2.31. The summed E-state index contributed by atoms with van der Waals surface area (Å²) in [7, 11) is -3.22. The molecule has 3 N–H and O–H groups in total. The average Bonchev–Trinajstić information content (AvgIpc) is 2.28. The van der Waals surface area contributed by atoms with Gasteiger partial charge in [-0.05, 0) is 12.1 Å². The fraction of sp³-hybridized carbons (Fsp3) is 0.417.